The third kappa shape index (κ3) is 3.30. The molecule has 3 nitrogen and oxygen atoms in total. The first-order valence-corrected chi connectivity index (χ1v) is 7.53. The van der Waals surface area contributed by atoms with E-state index in [4.69, 9.17) is 21.1 Å². The molecule has 3 rings (SSSR count). The fraction of sp³-hybridized carbons (Fsp3) is 0.105. The number of aromatic nitrogens is 1. The number of hydrogen-bond donors (Lipinski definition) is 0. The highest BCUT2D eigenvalue weighted by Gasteiger charge is 2.08. The lowest BCUT2D eigenvalue weighted by Gasteiger charge is -2.10. The molecule has 0 bridgehead atoms. The van der Waals surface area contributed by atoms with Crippen molar-refractivity contribution in [3.8, 4) is 11.5 Å². The monoisotopic (exact) mass is 325 g/mol. The lowest BCUT2D eigenvalue weighted by atomic mass is 10.1. The highest BCUT2D eigenvalue weighted by molar-refractivity contribution is 6.30. The molecule has 4 heteroatoms. The second kappa shape index (κ2) is 6.71. The number of fused-ring (bicyclic) bond motifs is 1. The SMILES string of the molecule is COc1cc2ccnc(/C=C/c3cccc(Cl)c3)c2cc1OC. The number of ether oxygens (including phenoxy) is 2. The summed E-state index contributed by atoms with van der Waals surface area (Å²) in [4.78, 5) is 4.46. The summed E-state index contributed by atoms with van der Waals surface area (Å²) in [5.41, 5.74) is 1.89. The molecule has 2 aromatic carbocycles. The van der Waals surface area contributed by atoms with E-state index in [-0.39, 0.29) is 0 Å². The van der Waals surface area contributed by atoms with E-state index < -0.39 is 0 Å². The van der Waals surface area contributed by atoms with Gasteiger partial charge in [0.1, 0.15) is 0 Å². The Hall–Kier alpha value is -2.52. The molecule has 0 radical (unpaired) electrons. The fourth-order valence-electron chi connectivity index (χ4n) is 2.44. The number of hydrogen-bond acceptors (Lipinski definition) is 3. The van der Waals surface area contributed by atoms with Crippen LogP contribution in [0.2, 0.25) is 5.02 Å². The first-order chi connectivity index (χ1) is 11.2. The zero-order valence-corrected chi connectivity index (χ0v) is 13.7. The quantitative estimate of drug-likeness (QED) is 0.670. The molecule has 0 fully saturated rings. The van der Waals surface area contributed by atoms with Crippen molar-refractivity contribution in [3.63, 3.8) is 0 Å². The summed E-state index contributed by atoms with van der Waals surface area (Å²) in [5, 5.41) is 2.76. The van der Waals surface area contributed by atoms with Gasteiger partial charge in [0.05, 0.1) is 19.9 Å². The van der Waals surface area contributed by atoms with Gasteiger partial charge in [-0.3, -0.25) is 4.98 Å². The number of rotatable bonds is 4. The second-order valence-electron chi connectivity index (χ2n) is 5.01. The first kappa shape index (κ1) is 15.4. The van der Waals surface area contributed by atoms with Crippen molar-refractivity contribution in [2.45, 2.75) is 0 Å². The Kier molecular flexibility index (Phi) is 4.49. The summed E-state index contributed by atoms with van der Waals surface area (Å²) in [7, 11) is 3.26. The van der Waals surface area contributed by atoms with Gasteiger partial charge >= 0.3 is 0 Å². The minimum absolute atomic E-state index is 0.686. The van der Waals surface area contributed by atoms with Gasteiger partial charge in [0, 0.05) is 16.6 Å². The second-order valence-corrected chi connectivity index (χ2v) is 5.45. The Morgan fingerprint density at radius 3 is 2.48 bits per heavy atom. The van der Waals surface area contributed by atoms with E-state index in [2.05, 4.69) is 4.98 Å². The van der Waals surface area contributed by atoms with Crippen LogP contribution in [0.1, 0.15) is 11.3 Å². The molecule has 0 spiro atoms. The Morgan fingerprint density at radius 2 is 1.74 bits per heavy atom. The van der Waals surface area contributed by atoms with E-state index in [1.54, 1.807) is 20.4 Å². The Morgan fingerprint density at radius 1 is 0.957 bits per heavy atom. The van der Waals surface area contributed by atoms with Crippen molar-refractivity contribution in [3.05, 3.63) is 64.9 Å². The van der Waals surface area contributed by atoms with Crippen LogP contribution in [0.15, 0.2) is 48.7 Å². The van der Waals surface area contributed by atoms with Crippen molar-refractivity contribution in [2.24, 2.45) is 0 Å². The number of nitrogens with zero attached hydrogens (tertiary/aromatic N) is 1. The lowest BCUT2D eigenvalue weighted by Crippen LogP contribution is -1.92. The lowest BCUT2D eigenvalue weighted by molar-refractivity contribution is 0.356. The summed E-state index contributed by atoms with van der Waals surface area (Å²) < 4.78 is 10.7. The van der Waals surface area contributed by atoms with Crippen LogP contribution in [0.3, 0.4) is 0 Å². The van der Waals surface area contributed by atoms with Gasteiger partial charge in [-0.15, -0.1) is 0 Å². The molecule has 0 N–H and O–H groups in total. The van der Waals surface area contributed by atoms with Crippen LogP contribution in [0, 0.1) is 0 Å². The number of halogens is 1. The number of benzene rings is 2. The molecular weight excluding hydrogens is 310 g/mol. The molecule has 0 aliphatic heterocycles. The summed E-state index contributed by atoms with van der Waals surface area (Å²) in [6.07, 6.45) is 5.75. The van der Waals surface area contributed by atoms with E-state index in [9.17, 15) is 0 Å². The minimum Gasteiger partial charge on any atom is -0.493 e. The number of methoxy groups -OCH3 is 2. The normalized spacial score (nSPS) is 11.1. The molecule has 3 aromatic rings. The van der Waals surface area contributed by atoms with Gasteiger partial charge in [0.2, 0.25) is 0 Å². The van der Waals surface area contributed by atoms with Gasteiger partial charge in [-0.1, -0.05) is 29.8 Å². The molecule has 0 unspecified atom stereocenters. The minimum atomic E-state index is 0.686. The highest BCUT2D eigenvalue weighted by atomic mass is 35.5. The van der Waals surface area contributed by atoms with Gasteiger partial charge in [-0.25, -0.2) is 0 Å². The topological polar surface area (TPSA) is 31.4 Å². The van der Waals surface area contributed by atoms with Gasteiger partial charge in [0.25, 0.3) is 0 Å². The van der Waals surface area contributed by atoms with Crippen LogP contribution in [0.25, 0.3) is 22.9 Å². The molecule has 23 heavy (non-hydrogen) atoms. The van der Waals surface area contributed by atoms with Crippen molar-refractivity contribution in [2.75, 3.05) is 14.2 Å². The predicted molar refractivity (Wildman–Crippen MR) is 95.2 cm³/mol. The third-order valence-electron chi connectivity index (χ3n) is 3.58. The summed E-state index contributed by atoms with van der Waals surface area (Å²) in [6.45, 7) is 0. The molecule has 1 heterocycles. The van der Waals surface area contributed by atoms with E-state index in [0.717, 1.165) is 22.0 Å². The van der Waals surface area contributed by atoms with Gasteiger partial charge in [-0.05, 0) is 47.4 Å². The van der Waals surface area contributed by atoms with Crippen LogP contribution in [-0.4, -0.2) is 19.2 Å². The Labute approximate surface area is 140 Å². The van der Waals surface area contributed by atoms with Crippen molar-refractivity contribution >= 4 is 34.5 Å². The third-order valence-corrected chi connectivity index (χ3v) is 3.82. The van der Waals surface area contributed by atoms with Crippen molar-refractivity contribution < 1.29 is 9.47 Å². The Balaban J connectivity index is 2.07. The summed E-state index contributed by atoms with van der Waals surface area (Å²) in [6, 6.07) is 13.5. The first-order valence-electron chi connectivity index (χ1n) is 7.15. The highest BCUT2D eigenvalue weighted by Crippen LogP contribution is 2.33. The molecule has 0 atom stereocenters. The Bertz CT molecular complexity index is 874. The van der Waals surface area contributed by atoms with Gasteiger partial charge in [0.15, 0.2) is 11.5 Å². The molecular formula is C19H16ClNO2. The largest absolute Gasteiger partial charge is 0.493 e. The van der Waals surface area contributed by atoms with Crippen LogP contribution in [0.5, 0.6) is 11.5 Å². The molecule has 1 aromatic heterocycles. The molecule has 0 saturated heterocycles. The van der Waals surface area contributed by atoms with Crippen LogP contribution < -0.4 is 9.47 Å². The zero-order valence-electron chi connectivity index (χ0n) is 12.9. The van der Waals surface area contributed by atoms with Gasteiger partial charge < -0.3 is 9.47 Å². The smallest absolute Gasteiger partial charge is 0.161 e. The average molecular weight is 326 g/mol. The zero-order chi connectivity index (χ0) is 16.2. The van der Waals surface area contributed by atoms with Crippen LogP contribution >= 0.6 is 11.6 Å². The fourth-order valence-corrected chi connectivity index (χ4v) is 2.64. The van der Waals surface area contributed by atoms with Crippen molar-refractivity contribution in [1.29, 1.82) is 0 Å². The standard InChI is InChI=1S/C19H16ClNO2/c1-22-18-11-14-8-9-21-17(16(14)12-19(18)23-2)7-6-13-4-3-5-15(20)10-13/h3-12H,1-2H3/b7-6+. The number of pyridine rings is 1. The van der Waals surface area contributed by atoms with E-state index in [1.807, 2.05) is 54.6 Å². The van der Waals surface area contributed by atoms with E-state index in [1.165, 1.54) is 0 Å². The van der Waals surface area contributed by atoms with Crippen LogP contribution in [0.4, 0.5) is 0 Å². The maximum absolute atomic E-state index is 6.01. The molecule has 0 saturated carbocycles. The van der Waals surface area contributed by atoms with Crippen molar-refractivity contribution in [1.82, 2.24) is 4.98 Å². The summed E-state index contributed by atoms with van der Waals surface area (Å²) in [5.74, 6) is 1.39. The molecule has 116 valence electrons. The van der Waals surface area contributed by atoms with E-state index in [0.29, 0.717) is 16.5 Å². The van der Waals surface area contributed by atoms with E-state index >= 15 is 0 Å². The molecule has 0 aliphatic rings. The maximum atomic E-state index is 6.01. The molecule has 0 amide bonds. The maximum Gasteiger partial charge on any atom is 0.161 e. The van der Waals surface area contributed by atoms with Crippen LogP contribution in [-0.2, 0) is 0 Å². The molecule has 0 aliphatic carbocycles. The average Bonchev–Trinajstić information content (AvgIpc) is 2.58. The van der Waals surface area contributed by atoms with Gasteiger partial charge in [-0.2, -0.15) is 0 Å². The summed E-state index contributed by atoms with van der Waals surface area (Å²) >= 11 is 6.01. The predicted octanol–water partition coefficient (Wildman–Crippen LogP) is 5.08.